The van der Waals surface area contributed by atoms with Gasteiger partial charge < -0.3 is 20.8 Å². The Labute approximate surface area is 94.8 Å². The smallest absolute Gasteiger partial charge is 0.0926 e. The molecule has 1 fully saturated rings. The second-order valence-electron chi connectivity index (χ2n) is 4.71. The van der Waals surface area contributed by atoms with E-state index in [1.54, 1.807) is 6.33 Å². The third-order valence-corrected chi connectivity index (χ3v) is 3.73. The van der Waals surface area contributed by atoms with Gasteiger partial charge in [-0.05, 0) is 12.8 Å². The van der Waals surface area contributed by atoms with Crippen LogP contribution in [0, 0.1) is 0 Å². The lowest BCUT2D eigenvalue weighted by molar-refractivity contribution is 0.0262. The predicted molar refractivity (Wildman–Crippen MR) is 60.0 cm³/mol. The Morgan fingerprint density at radius 3 is 3.06 bits per heavy atom. The Kier molecular flexibility index (Phi) is 2.46. The molecular weight excluding hydrogens is 204 g/mol. The summed E-state index contributed by atoms with van der Waals surface area (Å²) in [4.78, 5) is 7.73. The molecule has 0 bridgehead atoms. The van der Waals surface area contributed by atoms with Crippen LogP contribution in [-0.2, 0) is 16.7 Å². The fourth-order valence-corrected chi connectivity index (χ4v) is 2.89. The summed E-state index contributed by atoms with van der Waals surface area (Å²) >= 11 is 0. The number of aromatic nitrogens is 2. The Bertz CT molecular complexity index is 370. The van der Waals surface area contributed by atoms with Crippen molar-refractivity contribution in [3.05, 3.63) is 17.7 Å². The van der Waals surface area contributed by atoms with Crippen molar-refractivity contribution in [3.8, 4) is 0 Å². The number of imidazole rings is 1. The highest BCUT2D eigenvalue weighted by Crippen LogP contribution is 2.36. The van der Waals surface area contributed by atoms with Gasteiger partial charge in [0.15, 0.2) is 0 Å². The number of rotatable bonds is 1. The molecule has 2 aliphatic heterocycles. The molecule has 1 unspecified atom stereocenters. The van der Waals surface area contributed by atoms with E-state index in [1.807, 2.05) is 0 Å². The molecular formula is C11H18N4O. The first kappa shape index (κ1) is 10.3. The second kappa shape index (κ2) is 3.84. The molecule has 5 nitrogen and oxygen atoms in total. The van der Waals surface area contributed by atoms with Crippen LogP contribution in [0.5, 0.6) is 0 Å². The number of H-pyrrole nitrogens is 1. The predicted octanol–water partition coefficient (Wildman–Crippen LogP) is -0.112. The Balaban J connectivity index is 1.98. The molecule has 0 aliphatic carbocycles. The van der Waals surface area contributed by atoms with Crippen LogP contribution in [0.15, 0.2) is 6.33 Å². The van der Waals surface area contributed by atoms with Crippen LogP contribution >= 0.6 is 0 Å². The number of hydrogen-bond donors (Lipinski definition) is 3. The number of ether oxygens (including phenoxy) is 1. The summed E-state index contributed by atoms with van der Waals surface area (Å²) in [5.41, 5.74) is 8.21. The molecule has 0 saturated carbocycles. The zero-order chi connectivity index (χ0) is 11.0. The number of nitrogens with zero attached hydrogens (tertiary/aromatic N) is 1. The van der Waals surface area contributed by atoms with Gasteiger partial charge in [0.05, 0.1) is 17.6 Å². The minimum absolute atomic E-state index is 0.00410. The van der Waals surface area contributed by atoms with E-state index in [4.69, 9.17) is 10.5 Å². The van der Waals surface area contributed by atoms with Crippen molar-refractivity contribution in [3.63, 3.8) is 0 Å². The second-order valence-corrected chi connectivity index (χ2v) is 4.71. The molecule has 0 aromatic carbocycles. The highest BCUT2D eigenvalue weighted by atomic mass is 16.5. The van der Waals surface area contributed by atoms with Crippen LogP contribution in [0.2, 0.25) is 0 Å². The van der Waals surface area contributed by atoms with Gasteiger partial charge in [0, 0.05) is 37.9 Å². The van der Waals surface area contributed by atoms with Crippen LogP contribution in [0.1, 0.15) is 24.2 Å². The van der Waals surface area contributed by atoms with Gasteiger partial charge in [-0.3, -0.25) is 0 Å². The molecule has 1 atom stereocenters. The number of fused-ring (bicyclic) bond motifs is 2. The quantitative estimate of drug-likeness (QED) is 0.619. The average molecular weight is 222 g/mol. The summed E-state index contributed by atoms with van der Waals surface area (Å²) < 4.78 is 5.45. The van der Waals surface area contributed by atoms with Gasteiger partial charge in [-0.1, -0.05) is 0 Å². The number of aromatic amines is 1. The van der Waals surface area contributed by atoms with Gasteiger partial charge in [0.1, 0.15) is 0 Å². The lowest BCUT2D eigenvalue weighted by Gasteiger charge is -2.43. The van der Waals surface area contributed by atoms with Gasteiger partial charge >= 0.3 is 0 Å². The molecule has 2 aliphatic rings. The third kappa shape index (κ3) is 1.47. The Morgan fingerprint density at radius 2 is 2.31 bits per heavy atom. The maximum atomic E-state index is 5.79. The fraction of sp³-hybridized carbons (Fsp3) is 0.727. The molecule has 3 rings (SSSR count). The van der Waals surface area contributed by atoms with Gasteiger partial charge in [0.2, 0.25) is 0 Å². The molecule has 1 aromatic heterocycles. The van der Waals surface area contributed by atoms with Gasteiger partial charge in [-0.15, -0.1) is 0 Å². The lowest BCUT2D eigenvalue weighted by atomic mass is 9.80. The van der Waals surface area contributed by atoms with E-state index < -0.39 is 0 Å². The maximum Gasteiger partial charge on any atom is 0.0926 e. The van der Waals surface area contributed by atoms with Crippen molar-refractivity contribution in [1.82, 2.24) is 15.3 Å². The first-order valence-corrected chi connectivity index (χ1v) is 5.92. The van der Waals surface area contributed by atoms with Crippen LogP contribution < -0.4 is 11.1 Å². The Morgan fingerprint density at radius 1 is 1.50 bits per heavy atom. The van der Waals surface area contributed by atoms with E-state index >= 15 is 0 Å². The van der Waals surface area contributed by atoms with Crippen molar-refractivity contribution in [1.29, 1.82) is 0 Å². The van der Waals surface area contributed by atoms with Crippen LogP contribution in [0.25, 0.3) is 0 Å². The van der Waals surface area contributed by atoms with E-state index in [0.29, 0.717) is 12.6 Å². The van der Waals surface area contributed by atoms with Gasteiger partial charge in [-0.25, -0.2) is 4.98 Å². The van der Waals surface area contributed by atoms with Gasteiger partial charge in [-0.2, -0.15) is 0 Å². The van der Waals surface area contributed by atoms with Crippen molar-refractivity contribution in [2.24, 2.45) is 5.73 Å². The molecule has 1 saturated heterocycles. The highest BCUT2D eigenvalue weighted by molar-refractivity contribution is 5.27. The minimum atomic E-state index is -0.00410. The lowest BCUT2D eigenvalue weighted by Crippen LogP contribution is -2.57. The van der Waals surface area contributed by atoms with Crippen molar-refractivity contribution >= 4 is 0 Å². The first-order valence-electron chi connectivity index (χ1n) is 5.92. The van der Waals surface area contributed by atoms with E-state index in [2.05, 4.69) is 15.3 Å². The zero-order valence-electron chi connectivity index (χ0n) is 9.33. The van der Waals surface area contributed by atoms with E-state index in [-0.39, 0.29) is 5.54 Å². The molecule has 4 N–H and O–H groups in total. The SMILES string of the molecule is NCC1Cc2[nH]cnc2C2(CCOCC2)N1. The van der Waals surface area contributed by atoms with Crippen LogP contribution in [0.4, 0.5) is 0 Å². The average Bonchev–Trinajstić information content (AvgIpc) is 2.79. The Hall–Kier alpha value is -0.910. The zero-order valence-corrected chi connectivity index (χ0v) is 9.33. The van der Waals surface area contributed by atoms with E-state index in [0.717, 1.165) is 32.5 Å². The molecule has 88 valence electrons. The molecule has 0 radical (unpaired) electrons. The molecule has 5 heteroatoms. The third-order valence-electron chi connectivity index (χ3n) is 3.73. The minimum Gasteiger partial charge on any atom is -0.381 e. The molecule has 0 amide bonds. The summed E-state index contributed by atoms with van der Waals surface area (Å²) in [5, 5.41) is 3.67. The normalized spacial score (nSPS) is 27.9. The monoisotopic (exact) mass is 222 g/mol. The number of nitrogens with one attached hydrogen (secondary N) is 2. The maximum absolute atomic E-state index is 5.79. The van der Waals surface area contributed by atoms with Crippen LogP contribution in [-0.4, -0.2) is 35.8 Å². The summed E-state index contributed by atoms with van der Waals surface area (Å²) in [6.45, 7) is 2.27. The number of nitrogens with two attached hydrogens (primary N) is 1. The van der Waals surface area contributed by atoms with Crippen molar-refractivity contribution in [2.75, 3.05) is 19.8 Å². The molecule has 3 heterocycles. The summed E-state index contributed by atoms with van der Waals surface area (Å²) in [6, 6.07) is 0.353. The van der Waals surface area contributed by atoms with Crippen LogP contribution in [0.3, 0.4) is 0 Å². The fourth-order valence-electron chi connectivity index (χ4n) is 2.89. The first-order chi connectivity index (χ1) is 7.84. The molecule has 1 aromatic rings. The van der Waals surface area contributed by atoms with E-state index in [1.165, 1.54) is 11.4 Å². The highest BCUT2D eigenvalue weighted by Gasteiger charge is 2.42. The molecule has 1 spiro atoms. The van der Waals surface area contributed by atoms with Crippen molar-refractivity contribution < 1.29 is 4.74 Å². The summed E-state index contributed by atoms with van der Waals surface area (Å²) in [6.07, 6.45) is 4.72. The van der Waals surface area contributed by atoms with E-state index in [9.17, 15) is 0 Å². The molecule has 16 heavy (non-hydrogen) atoms. The summed E-state index contributed by atoms with van der Waals surface area (Å²) in [7, 11) is 0. The number of hydrogen-bond acceptors (Lipinski definition) is 4. The standard InChI is InChI=1S/C11H18N4O/c12-6-8-5-9-10(14-7-13-9)11(15-8)1-3-16-4-2-11/h7-8,15H,1-6,12H2,(H,13,14). The topological polar surface area (TPSA) is 76.0 Å². The van der Waals surface area contributed by atoms with Crippen molar-refractivity contribution in [2.45, 2.75) is 30.8 Å². The largest absolute Gasteiger partial charge is 0.381 e. The summed E-state index contributed by atoms with van der Waals surface area (Å²) in [5.74, 6) is 0. The van der Waals surface area contributed by atoms with Gasteiger partial charge in [0.25, 0.3) is 0 Å².